The van der Waals surface area contributed by atoms with E-state index in [1.807, 2.05) is 20.8 Å². The number of benzene rings is 2. The van der Waals surface area contributed by atoms with Crippen LogP contribution in [0.5, 0.6) is 5.75 Å². The van der Waals surface area contributed by atoms with Gasteiger partial charge in [0.15, 0.2) is 0 Å². The summed E-state index contributed by atoms with van der Waals surface area (Å²) < 4.78 is 27.7. The average molecular weight is 398 g/mol. The van der Waals surface area contributed by atoms with Gasteiger partial charge in [0.1, 0.15) is 22.9 Å². The van der Waals surface area contributed by atoms with Crippen LogP contribution in [0.3, 0.4) is 0 Å². The van der Waals surface area contributed by atoms with Gasteiger partial charge in [-0.3, -0.25) is 14.2 Å². The van der Waals surface area contributed by atoms with Crippen LogP contribution in [-0.2, 0) is 5.41 Å². The van der Waals surface area contributed by atoms with Crippen molar-refractivity contribution in [3.63, 3.8) is 0 Å². The number of hydrogen-bond donors (Lipinski definition) is 2. The summed E-state index contributed by atoms with van der Waals surface area (Å²) in [6, 6.07) is 11.6. The molecule has 0 spiro atoms. The number of nitrogens with one attached hydrogen (secondary N) is 1. The van der Waals surface area contributed by atoms with E-state index in [-0.39, 0.29) is 5.69 Å². The van der Waals surface area contributed by atoms with Crippen molar-refractivity contribution < 1.29 is 18.7 Å². The number of carbonyl (C=O) groups is 1. The first-order valence-corrected chi connectivity index (χ1v) is 8.90. The van der Waals surface area contributed by atoms with E-state index in [1.54, 1.807) is 0 Å². The lowest BCUT2D eigenvalue weighted by atomic mass is 9.90. The van der Waals surface area contributed by atoms with Crippen LogP contribution in [0, 0.1) is 11.6 Å². The van der Waals surface area contributed by atoms with Crippen molar-refractivity contribution in [2.75, 3.05) is 5.32 Å². The first-order valence-electron chi connectivity index (χ1n) is 8.90. The van der Waals surface area contributed by atoms with E-state index in [4.69, 9.17) is 0 Å². The maximum atomic E-state index is 13.4. The van der Waals surface area contributed by atoms with Gasteiger partial charge in [0.2, 0.25) is 0 Å². The van der Waals surface area contributed by atoms with Gasteiger partial charge < -0.3 is 10.4 Å². The van der Waals surface area contributed by atoms with Crippen molar-refractivity contribution in [3.8, 4) is 11.4 Å². The summed E-state index contributed by atoms with van der Waals surface area (Å²) in [6.45, 7) is 5.54. The van der Waals surface area contributed by atoms with Gasteiger partial charge in [-0.2, -0.15) is 0 Å². The molecule has 29 heavy (non-hydrogen) atoms. The molecule has 0 aliphatic carbocycles. The minimum Gasteiger partial charge on any atom is -0.507 e. The van der Waals surface area contributed by atoms with E-state index in [0.717, 1.165) is 12.1 Å². The summed E-state index contributed by atoms with van der Waals surface area (Å²) in [5.41, 5.74) is -0.699. The third kappa shape index (κ3) is 4.18. The standard InChI is InChI=1S/C22H20F2N2O3/c1-22(2,3)18-12-17(27)19(20(28)25-15-8-4-13(23)5-9-15)21(29)26(18)16-10-6-14(24)7-11-16/h4-12,27H,1-3H3,(H,25,28). The van der Waals surface area contributed by atoms with E-state index < -0.39 is 39.8 Å². The Morgan fingerprint density at radius 3 is 2.00 bits per heavy atom. The molecule has 0 bridgehead atoms. The third-order valence-electron chi connectivity index (χ3n) is 4.37. The van der Waals surface area contributed by atoms with Crippen LogP contribution in [0.1, 0.15) is 36.8 Å². The van der Waals surface area contributed by atoms with Gasteiger partial charge in [0.25, 0.3) is 11.5 Å². The van der Waals surface area contributed by atoms with Gasteiger partial charge >= 0.3 is 0 Å². The molecule has 7 heteroatoms. The number of nitrogens with zero attached hydrogens (tertiary/aromatic N) is 1. The fourth-order valence-electron chi connectivity index (χ4n) is 2.94. The highest BCUT2D eigenvalue weighted by atomic mass is 19.1. The molecule has 0 aliphatic heterocycles. The van der Waals surface area contributed by atoms with Crippen LogP contribution in [0.2, 0.25) is 0 Å². The number of rotatable bonds is 3. The summed E-state index contributed by atoms with van der Waals surface area (Å²) in [5, 5.41) is 12.9. The molecule has 0 saturated heterocycles. The Bertz CT molecular complexity index is 1110. The second-order valence-electron chi connectivity index (χ2n) is 7.62. The topological polar surface area (TPSA) is 71.3 Å². The van der Waals surface area contributed by atoms with Gasteiger partial charge in [-0.1, -0.05) is 20.8 Å². The Labute approximate surface area is 166 Å². The SMILES string of the molecule is CC(C)(C)c1cc(O)c(C(=O)Nc2ccc(F)cc2)c(=O)n1-c1ccc(F)cc1. The number of aromatic hydroxyl groups is 1. The van der Waals surface area contributed by atoms with E-state index in [0.29, 0.717) is 11.4 Å². The number of halogens is 2. The molecule has 0 atom stereocenters. The van der Waals surface area contributed by atoms with Crippen LogP contribution >= 0.6 is 0 Å². The molecule has 150 valence electrons. The van der Waals surface area contributed by atoms with Gasteiger partial charge in [0.05, 0.1) is 0 Å². The number of anilines is 1. The van der Waals surface area contributed by atoms with Gasteiger partial charge in [-0.15, -0.1) is 0 Å². The zero-order chi connectivity index (χ0) is 21.3. The second kappa shape index (κ2) is 7.50. The maximum Gasteiger partial charge on any atom is 0.272 e. The van der Waals surface area contributed by atoms with Crippen LogP contribution in [0.15, 0.2) is 59.4 Å². The van der Waals surface area contributed by atoms with Crippen molar-refractivity contribution in [3.05, 3.63) is 87.8 Å². The van der Waals surface area contributed by atoms with Crippen molar-refractivity contribution >= 4 is 11.6 Å². The van der Waals surface area contributed by atoms with Crippen LogP contribution in [-0.4, -0.2) is 15.6 Å². The van der Waals surface area contributed by atoms with E-state index in [9.17, 15) is 23.5 Å². The molecule has 0 fully saturated rings. The van der Waals surface area contributed by atoms with Crippen molar-refractivity contribution in [2.24, 2.45) is 0 Å². The molecule has 0 unspecified atom stereocenters. The van der Waals surface area contributed by atoms with Crippen LogP contribution < -0.4 is 10.9 Å². The molecular weight excluding hydrogens is 378 g/mol. The summed E-state index contributed by atoms with van der Waals surface area (Å²) in [6.07, 6.45) is 0. The Morgan fingerprint density at radius 1 is 0.966 bits per heavy atom. The van der Waals surface area contributed by atoms with Gasteiger partial charge in [0, 0.05) is 28.6 Å². The lowest BCUT2D eigenvalue weighted by Crippen LogP contribution is -2.33. The first kappa shape index (κ1) is 20.3. The van der Waals surface area contributed by atoms with Gasteiger partial charge in [-0.25, -0.2) is 8.78 Å². The summed E-state index contributed by atoms with van der Waals surface area (Å²) in [7, 11) is 0. The molecule has 1 aromatic heterocycles. The first-order chi connectivity index (χ1) is 13.6. The molecule has 2 aromatic carbocycles. The number of aromatic nitrogens is 1. The smallest absolute Gasteiger partial charge is 0.272 e. The predicted octanol–water partition coefficient (Wildman–Crippen LogP) is 4.37. The average Bonchev–Trinajstić information content (AvgIpc) is 2.63. The fraction of sp³-hybridized carbons (Fsp3) is 0.182. The Morgan fingerprint density at radius 2 is 1.48 bits per heavy atom. The zero-order valence-electron chi connectivity index (χ0n) is 16.2. The Hall–Kier alpha value is -3.48. The molecule has 1 heterocycles. The van der Waals surface area contributed by atoms with E-state index in [1.165, 1.54) is 47.0 Å². The lowest BCUT2D eigenvalue weighted by Gasteiger charge is -2.25. The zero-order valence-corrected chi connectivity index (χ0v) is 16.2. The predicted molar refractivity (Wildman–Crippen MR) is 107 cm³/mol. The molecular formula is C22H20F2N2O3. The molecule has 2 N–H and O–H groups in total. The highest BCUT2D eigenvalue weighted by Gasteiger charge is 2.27. The molecule has 0 radical (unpaired) electrons. The second-order valence-corrected chi connectivity index (χ2v) is 7.62. The van der Waals surface area contributed by atoms with Crippen molar-refractivity contribution in [1.82, 2.24) is 4.57 Å². The minimum absolute atomic E-state index is 0.267. The number of pyridine rings is 1. The normalized spacial score (nSPS) is 11.3. The monoisotopic (exact) mass is 398 g/mol. The summed E-state index contributed by atoms with van der Waals surface area (Å²) >= 11 is 0. The molecule has 3 rings (SSSR count). The van der Waals surface area contributed by atoms with Crippen LogP contribution in [0.4, 0.5) is 14.5 Å². The summed E-state index contributed by atoms with van der Waals surface area (Å²) in [5.74, 6) is -2.25. The lowest BCUT2D eigenvalue weighted by molar-refractivity contribution is 0.102. The molecule has 0 aliphatic rings. The highest BCUT2D eigenvalue weighted by Crippen LogP contribution is 2.28. The highest BCUT2D eigenvalue weighted by molar-refractivity contribution is 6.06. The molecule has 1 amide bonds. The Balaban J connectivity index is 2.17. The van der Waals surface area contributed by atoms with Crippen LogP contribution in [0.25, 0.3) is 5.69 Å². The molecule has 0 saturated carbocycles. The number of carbonyl (C=O) groups excluding carboxylic acids is 1. The largest absolute Gasteiger partial charge is 0.507 e. The van der Waals surface area contributed by atoms with Crippen molar-refractivity contribution in [2.45, 2.75) is 26.2 Å². The minimum atomic E-state index is -0.838. The maximum absolute atomic E-state index is 13.4. The number of amides is 1. The quantitative estimate of drug-likeness (QED) is 0.688. The summed E-state index contributed by atoms with van der Waals surface area (Å²) in [4.78, 5) is 25.9. The van der Waals surface area contributed by atoms with E-state index in [2.05, 4.69) is 5.32 Å². The number of hydrogen-bond acceptors (Lipinski definition) is 3. The third-order valence-corrected chi connectivity index (χ3v) is 4.37. The van der Waals surface area contributed by atoms with Crippen molar-refractivity contribution in [1.29, 1.82) is 0 Å². The molecule has 3 aromatic rings. The van der Waals surface area contributed by atoms with Gasteiger partial charge in [-0.05, 0) is 48.5 Å². The fourth-order valence-corrected chi connectivity index (χ4v) is 2.94. The van der Waals surface area contributed by atoms with E-state index >= 15 is 0 Å². The molecule has 5 nitrogen and oxygen atoms in total. The Kier molecular flexibility index (Phi) is 5.24.